The van der Waals surface area contributed by atoms with Crippen LogP contribution in [-0.4, -0.2) is 37.8 Å². The monoisotopic (exact) mass is 360 g/mol. The summed E-state index contributed by atoms with van der Waals surface area (Å²) in [6.45, 7) is 3.31. The smallest absolute Gasteiger partial charge is 0.315 e. The molecule has 1 fully saturated rings. The maximum absolute atomic E-state index is 11.9. The van der Waals surface area contributed by atoms with Gasteiger partial charge in [-0.05, 0) is 44.0 Å². The van der Waals surface area contributed by atoms with Gasteiger partial charge in [-0.25, -0.2) is 9.78 Å². The molecule has 6 nitrogen and oxygen atoms in total. The van der Waals surface area contributed by atoms with Crippen molar-refractivity contribution < 1.29 is 9.53 Å². The number of amides is 2. The van der Waals surface area contributed by atoms with Crippen LogP contribution in [0.15, 0.2) is 30.5 Å². The minimum Gasteiger partial charge on any atom is -0.497 e. The third kappa shape index (κ3) is 5.17. The van der Waals surface area contributed by atoms with Crippen LogP contribution in [0.2, 0.25) is 0 Å². The third-order valence-corrected chi connectivity index (χ3v) is 5.35. The maximum atomic E-state index is 11.9. The summed E-state index contributed by atoms with van der Waals surface area (Å²) in [6.07, 6.45) is 4.06. The van der Waals surface area contributed by atoms with Crippen LogP contribution in [0.4, 0.5) is 4.79 Å². The van der Waals surface area contributed by atoms with Crippen LogP contribution >= 0.6 is 11.3 Å². The van der Waals surface area contributed by atoms with Crippen molar-refractivity contribution in [1.29, 1.82) is 0 Å². The summed E-state index contributed by atoms with van der Waals surface area (Å²) in [5.74, 6) is 1.39. The molecule has 2 heterocycles. The Balaban J connectivity index is 1.47. The van der Waals surface area contributed by atoms with Crippen molar-refractivity contribution in [3.63, 3.8) is 0 Å². The van der Waals surface area contributed by atoms with Gasteiger partial charge in [-0.3, -0.25) is 0 Å². The highest BCUT2D eigenvalue weighted by Crippen LogP contribution is 2.27. The number of methoxy groups -OCH3 is 1. The number of nitrogens with zero attached hydrogens (tertiary/aromatic N) is 1. The van der Waals surface area contributed by atoms with E-state index in [0.29, 0.717) is 12.5 Å². The number of rotatable bonds is 6. The van der Waals surface area contributed by atoms with Crippen LogP contribution in [0.5, 0.6) is 5.75 Å². The normalized spacial score (nSPS) is 14.9. The molecule has 3 rings (SSSR count). The van der Waals surface area contributed by atoms with Crippen molar-refractivity contribution >= 4 is 17.4 Å². The highest BCUT2D eigenvalue weighted by molar-refractivity contribution is 7.15. The lowest BCUT2D eigenvalue weighted by Gasteiger charge is -2.22. The van der Waals surface area contributed by atoms with E-state index in [2.05, 4.69) is 20.9 Å². The zero-order valence-corrected chi connectivity index (χ0v) is 15.2. The van der Waals surface area contributed by atoms with Crippen molar-refractivity contribution in [3.05, 3.63) is 35.3 Å². The van der Waals surface area contributed by atoms with Crippen molar-refractivity contribution in [2.24, 2.45) is 5.92 Å². The number of carbonyl (C=O) groups excluding carboxylic acids is 1. The number of nitrogens with one attached hydrogen (secondary N) is 3. The summed E-state index contributed by atoms with van der Waals surface area (Å²) in [5.41, 5.74) is 1.02. The zero-order chi connectivity index (χ0) is 17.5. The molecule has 25 heavy (non-hydrogen) atoms. The number of ether oxygens (including phenoxy) is 1. The van der Waals surface area contributed by atoms with Crippen molar-refractivity contribution in [1.82, 2.24) is 20.9 Å². The Morgan fingerprint density at radius 2 is 2.20 bits per heavy atom. The van der Waals surface area contributed by atoms with Gasteiger partial charge in [-0.1, -0.05) is 12.1 Å². The summed E-state index contributed by atoms with van der Waals surface area (Å²) in [5, 5.41) is 10.1. The third-order valence-electron chi connectivity index (χ3n) is 4.30. The molecule has 1 saturated heterocycles. The van der Waals surface area contributed by atoms with Crippen molar-refractivity contribution in [2.45, 2.75) is 19.4 Å². The molecule has 0 bridgehead atoms. The Morgan fingerprint density at radius 1 is 1.36 bits per heavy atom. The molecule has 1 aliphatic heterocycles. The van der Waals surface area contributed by atoms with E-state index >= 15 is 0 Å². The summed E-state index contributed by atoms with van der Waals surface area (Å²) in [4.78, 5) is 17.4. The van der Waals surface area contributed by atoms with Crippen LogP contribution in [0, 0.1) is 5.92 Å². The Morgan fingerprint density at radius 3 is 3.00 bits per heavy atom. The predicted molar refractivity (Wildman–Crippen MR) is 99.9 cm³/mol. The average Bonchev–Trinajstić information content (AvgIpc) is 3.15. The van der Waals surface area contributed by atoms with Crippen molar-refractivity contribution in [3.8, 4) is 16.3 Å². The largest absolute Gasteiger partial charge is 0.497 e. The number of hydrogen-bond donors (Lipinski definition) is 3. The quantitative estimate of drug-likeness (QED) is 0.740. The number of aromatic nitrogens is 1. The average molecular weight is 360 g/mol. The second kappa shape index (κ2) is 8.82. The first-order chi connectivity index (χ1) is 12.2. The molecular formula is C18H24N4O2S. The summed E-state index contributed by atoms with van der Waals surface area (Å²) >= 11 is 1.58. The highest BCUT2D eigenvalue weighted by Gasteiger charge is 2.14. The fraction of sp³-hybridized carbons (Fsp3) is 0.444. The van der Waals surface area contributed by atoms with Gasteiger partial charge in [0.15, 0.2) is 0 Å². The topological polar surface area (TPSA) is 75.3 Å². The number of hydrogen-bond acceptors (Lipinski definition) is 5. The van der Waals surface area contributed by atoms with Gasteiger partial charge in [0.05, 0.1) is 13.7 Å². The van der Waals surface area contributed by atoms with Crippen LogP contribution in [0.3, 0.4) is 0 Å². The summed E-state index contributed by atoms with van der Waals surface area (Å²) in [6, 6.07) is 7.70. The number of carbonyl (C=O) groups is 1. The lowest BCUT2D eigenvalue weighted by molar-refractivity contribution is 0.236. The van der Waals surface area contributed by atoms with E-state index in [1.165, 1.54) is 0 Å². The molecule has 3 N–H and O–H groups in total. The second-order valence-electron chi connectivity index (χ2n) is 6.12. The molecule has 2 aromatic rings. The van der Waals surface area contributed by atoms with Gasteiger partial charge in [-0.2, -0.15) is 0 Å². The molecular weight excluding hydrogens is 336 g/mol. The minimum absolute atomic E-state index is 0.116. The Labute approximate surface area is 152 Å². The van der Waals surface area contributed by atoms with Crippen LogP contribution in [0.25, 0.3) is 10.6 Å². The number of piperidine rings is 1. The molecule has 0 atom stereocenters. The van der Waals surface area contributed by atoms with Crippen LogP contribution < -0.4 is 20.7 Å². The first-order valence-electron chi connectivity index (χ1n) is 8.56. The molecule has 0 spiro atoms. The second-order valence-corrected chi connectivity index (χ2v) is 7.24. The Hall–Kier alpha value is -2.12. The lowest BCUT2D eigenvalue weighted by Crippen LogP contribution is -2.40. The summed E-state index contributed by atoms with van der Waals surface area (Å²) < 4.78 is 5.25. The Kier molecular flexibility index (Phi) is 6.25. The fourth-order valence-corrected chi connectivity index (χ4v) is 3.68. The molecule has 0 saturated carbocycles. The van der Waals surface area contributed by atoms with Crippen LogP contribution in [0.1, 0.15) is 17.7 Å². The molecule has 1 aromatic heterocycles. The first-order valence-corrected chi connectivity index (χ1v) is 9.38. The Bertz CT molecular complexity index is 698. The SMILES string of the molecule is COc1cccc(-c2ncc(CNC(=O)NCC3CCNCC3)s2)c1. The standard InChI is InChI=1S/C18H24N4O2S/c1-24-15-4-2-3-14(9-15)17-20-11-16(25-17)12-22-18(23)21-10-13-5-7-19-8-6-13/h2-4,9,11,13,19H,5-8,10,12H2,1H3,(H2,21,22,23). The lowest BCUT2D eigenvalue weighted by atomic mass is 9.98. The van der Waals surface area contributed by atoms with Gasteiger partial charge >= 0.3 is 6.03 Å². The van der Waals surface area contributed by atoms with E-state index in [9.17, 15) is 4.79 Å². The summed E-state index contributed by atoms with van der Waals surface area (Å²) in [7, 11) is 1.65. The van der Waals surface area contributed by atoms with E-state index in [1.807, 2.05) is 30.5 Å². The van der Waals surface area contributed by atoms with E-state index in [0.717, 1.165) is 53.7 Å². The molecule has 1 aliphatic rings. The van der Waals surface area contributed by atoms with E-state index in [4.69, 9.17) is 4.74 Å². The highest BCUT2D eigenvalue weighted by atomic mass is 32.1. The number of urea groups is 1. The van der Waals surface area contributed by atoms with Gasteiger partial charge < -0.3 is 20.7 Å². The zero-order valence-electron chi connectivity index (χ0n) is 14.4. The molecule has 1 aromatic carbocycles. The van der Waals surface area contributed by atoms with Gasteiger partial charge in [0.25, 0.3) is 0 Å². The van der Waals surface area contributed by atoms with E-state index in [1.54, 1.807) is 18.4 Å². The number of thiazole rings is 1. The number of benzene rings is 1. The van der Waals surface area contributed by atoms with Gasteiger partial charge in [0, 0.05) is 23.2 Å². The van der Waals surface area contributed by atoms with Crippen LogP contribution in [-0.2, 0) is 6.54 Å². The van der Waals surface area contributed by atoms with E-state index < -0.39 is 0 Å². The van der Waals surface area contributed by atoms with Crippen molar-refractivity contribution in [2.75, 3.05) is 26.7 Å². The molecule has 7 heteroatoms. The van der Waals surface area contributed by atoms with Gasteiger partial charge in [0.2, 0.25) is 0 Å². The fourth-order valence-electron chi connectivity index (χ4n) is 2.83. The molecule has 0 radical (unpaired) electrons. The predicted octanol–water partition coefficient (Wildman–Crippen LogP) is 2.62. The van der Waals surface area contributed by atoms with E-state index in [-0.39, 0.29) is 6.03 Å². The molecule has 0 unspecified atom stereocenters. The molecule has 134 valence electrons. The first kappa shape index (κ1) is 17.7. The van der Waals surface area contributed by atoms with Gasteiger partial charge in [0.1, 0.15) is 10.8 Å². The minimum atomic E-state index is -0.116. The maximum Gasteiger partial charge on any atom is 0.315 e. The molecule has 0 aliphatic carbocycles. The van der Waals surface area contributed by atoms with Gasteiger partial charge in [-0.15, -0.1) is 11.3 Å². The molecule has 2 amide bonds.